The second-order valence-electron chi connectivity index (χ2n) is 5.19. The van der Waals surface area contributed by atoms with Crippen LogP contribution in [0.2, 0.25) is 0 Å². The number of fused-ring (bicyclic) bond motifs is 1. The third kappa shape index (κ3) is 1.22. The van der Waals surface area contributed by atoms with Gasteiger partial charge >= 0.3 is 5.97 Å². The number of rotatable bonds is 1. The van der Waals surface area contributed by atoms with Crippen molar-refractivity contribution in [1.29, 1.82) is 0 Å². The Morgan fingerprint density at radius 1 is 1.25 bits per heavy atom. The third-order valence-corrected chi connectivity index (χ3v) is 4.47. The van der Waals surface area contributed by atoms with Crippen LogP contribution in [0.1, 0.15) is 42.7 Å². The molecule has 1 aromatic carbocycles. The van der Waals surface area contributed by atoms with Gasteiger partial charge in [0.15, 0.2) is 0 Å². The van der Waals surface area contributed by atoms with Crippen LogP contribution in [0.5, 0.6) is 0 Å². The van der Waals surface area contributed by atoms with Gasteiger partial charge in [0, 0.05) is 0 Å². The maximum absolute atomic E-state index is 11.5. The van der Waals surface area contributed by atoms with E-state index in [9.17, 15) is 9.90 Å². The van der Waals surface area contributed by atoms with Gasteiger partial charge in [-0.2, -0.15) is 0 Å². The Morgan fingerprint density at radius 2 is 2.00 bits per heavy atom. The fourth-order valence-electron chi connectivity index (χ4n) is 3.47. The summed E-state index contributed by atoms with van der Waals surface area (Å²) in [5, 5.41) is 9.49. The molecule has 0 radical (unpaired) electrons. The number of benzene rings is 1. The Balaban J connectivity index is 2.09. The van der Waals surface area contributed by atoms with Crippen molar-refractivity contribution in [3.05, 3.63) is 35.4 Å². The maximum Gasteiger partial charge on any atom is 0.311 e. The Bertz CT molecular complexity index is 432. The van der Waals surface area contributed by atoms with Gasteiger partial charge in [0.1, 0.15) is 0 Å². The molecule has 2 aliphatic rings. The largest absolute Gasteiger partial charge is 0.481 e. The molecule has 1 atom stereocenters. The summed E-state index contributed by atoms with van der Waals surface area (Å²) in [5.74, 6) is -0.891. The molecule has 1 N–H and O–H groups in total. The van der Waals surface area contributed by atoms with Crippen LogP contribution < -0.4 is 0 Å². The number of hydrogen-bond acceptors (Lipinski definition) is 1. The minimum atomic E-state index is -0.633. The van der Waals surface area contributed by atoms with Crippen molar-refractivity contribution in [2.75, 3.05) is 0 Å². The van der Waals surface area contributed by atoms with Crippen LogP contribution in [0, 0.1) is 5.41 Å². The van der Waals surface area contributed by atoms with Crippen molar-refractivity contribution in [3.63, 3.8) is 0 Å². The van der Waals surface area contributed by atoms with E-state index in [0.29, 0.717) is 0 Å². The lowest BCUT2D eigenvalue weighted by molar-refractivity contribution is -0.145. The van der Waals surface area contributed by atoms with Gasteiger partial charge < -0.3 is 5.11 Å². The van der Waals surface area contributed by atoms with Gasteiger partial charge in [-0.25, -0.2) is 0 Å². The standard InChI is InChI=1S/C14H16O2/c15-13(16)12-11-5-2-1-4-10(11)6-9-14(12)7-3-8-14/h1-2,4-5,12H,3,6-9H2,(H,15,16). The van der Waals surface area contributed by atoms with Gasteiger partial charge in [0.25, 0.3) is 0 Å². The highest BCUT2D eigenvalue weighted by Crippen LogP contribution is 2.57. The summed E-state index contributed by atoms with van der Waals surface area (Å²) in [6, 6.07) is 8.06. The summed E-state index contributed by atoms with van der Waals surface area (Å²) in [7, 11) is 0. The molecule has 1 saturated carbocycles. The van der Waals surface area contributed by atoms with Crippen LogP contribution in [0.15, 0.2) is 24.3 Å². The molecule has 0 heterocycles. The number of aliphatic carboxylic acids is 1. The summed E-state index contributed by atoms with van der Waals surface area (Å²) >= 11 is 0. The minimum Gasteiger partial charge on any atom is -0.481 e. The van der Waals surface area contributed by atoms with E-state index in [1.165, 1.54) is 12.0 Å². The number of carbonyl (C=O) groups is 1. The normalized spacial score (nSPS) is 25.9. The van der Waals surface area contributed by atoms with E-state index in [1.54, 1.807) is 0 Å². The van der Waals surface area contributed by atoms with Crippen LogP contribution in [0.25, 0.3) is 0 Å². The second-order valence-corrected chi connectivity index (χ2v) is 5.19. The van der Waals surface area contributed by atoms with Gasteiger partial charge in [-0.05, 0) is 42.2 Å². The number of hydrogen-bond donors (Lipinski definition) is 1. The summed E-state index contributed by atoms with van der Waals surface area (Å²) in [4.78, 5) is 11.5. The molecule has 0 bridgehead atoms. The minimum absolute atomic E-state index is 0.0835. The second kappa shape index (κ2) is 3.34. The van der Waals surface area contributed by atoms with Gasteiger partial charge in [-0.15, -0.1) is 0 Å². The topological polar surface area (TPSA) is 37.3 Å². The summed E-state index contributed by atoms with van der Waals surface area (Å²) in [5.41, 5.74) is 2.40. The molecule has 0 aliphatic heterocycles. The van der Waals surface area contributed by atoms with Crippen molar-refractivity contribution in [3.8, 4) is 0 Å². The zero-order valence-electron chi connectivity index (χ0n) is 9.28. The van der Waals surface area contributed by atoms with Crippen molar-refractivity contribution < 1.29 is 9.90 Å². The first-order valence-electron chi connectivity index (χ1n) is 6.04. The molecule has 1 unspecified atom stereocenters. The SMILES string of the molecule is O=C(O)C1c2ccccc2CCC12CCC2. The molecule has 1 aromatic rings. The van der Waals surface area contributed by atoms with Gasteiger partial charge in [0.05, 0.1) is 5.92 Å². The van der Waals surface area contributed by atoms with Gasteiger partial charge in [-0.1, -0.05) is 30.7 Å². The fourth-order valence-corrected chi connectivity index (χ4v) is 3.47. The summed E-state index contributed by atoms with van der Waals surface area (Å²) < 4.78 is 0. The van der Waals surface area contributed by atoms with E-state index in [2.05, 4.69) is 6.07 Å². The molecular weight excluding hydrogens is 200 g/mol. The third-order valence-electron chi connectivity index (χ3n) is 4.47. The Labute approximate surface area is 95.3 Å². The predicted octanol–water partition coefficient (Wildman–Crippen LogP) is 2.97. The molecule has 2 aliphatic carbocycles. The van der Waals surface area contributed by atoms with Crippen LogP contribution in [-0.2, 0) is 11.2 Å². The Kier molecular flexibility index (Phi) is 2.06. The van der Waals surface area contributed by atoms with Crippen molar-refractivity contribution in [1.82, 2.24) is 0 Å². The first kappa shape index (κ1) is 9.88. The molecule has 1 spiro atoms. The van der Waals surface area contributed by atoms with Crippen LogP contribution >= 0.6 is 0 Å². The summed E-state index contributed by atoms with van der Waals surface area (Å²) in [6.07, 6.45) is 5.50. The molecule has 1 fully saturated rings. The van der Waals surface area contributed by atoms with Gasteiger partial charge in [0.2, 0.25) is 0 Å². The number of aryl methyl sites for hydroxylation is 1. The molecule has 2 heteroatoms. The van der Waals surface area contributed by atoms with Gasteiger partial charge in [-0.3, -0.25) is 4.79 Å². The lowest BCUT2D eigenvalue weighted by Crippen LogP contribution is -2.43. The smallest absolute Gasteiger partial charge is 0.311 e. The highest BCUT2D eigenvalue weighted by atomic mass is 16.4. The van der Waals surface area contributed by atoms with Crippen molar-refractivity contribution in [2.24, 2.45) is 5.41 Å². The average molecular weight is 216 g/mol. The molecule has 3 rings (SSSR count). The zero-order valence-corrected chi connectivity index (χ0v) is 9.28. The molecule has 2 nitrogen and oxygen atoms in total. The molecule has 16 heavy (non-hydrogen) atoms. The lowest BCUT2D eigenvalue weighted by Gasteiger charge is -2.49. The van der Waals surface area contributed by atoms with E-state index in [1.807, 2.05) is 18.2 Å². The van der Waals surface area contributed by atoms with E-state index >= 15 is 0 Å². The monoisotopic (exact) mass is 216 g/mol. The Morgan fingerprint density at radius 3 is 2.62 bits per heavy atom. The van der Waals surface area contributed by atoms with Crippen LogP contribution in [-0.4, -0.2) is 11.1 Å². The van der Waals surface area contributed by atoms with Crippen LogP contribution in [0.3, 0.4) is 0 Å². The highest BCUT2D eigenvalue weighted by molar-refractivity contribution is 5.78. The van der Waals surface area contributed by atoms with Crippen LogP contribution in [0.4, 0.5) is 0 Å². The lowest BCUT2D eigenvalue weighted by atomic mass is 9.54. The highest BCUT2D eigenvalue weighted by Gasteiger charge is 2.50. The first-order valence-corrected chi connectivity index (χ1v) is 6.04. The molecule has 0 amide bonds. The van der Waals surface area contributed by atoms with E-state index < -0.39 is 5.97 Å². The molecule has 0 aromatic heterocycles. The number of carboxylic acids is 1. The van der Waals surface area contributed by atoms with E-state index in [4.69, 9.17) is 0 Å². The average Bonchev–Trinajstić information content (AvgIpc) is 2.25. The van der Waals surface area contributed by atoms with Crippen molar-refractivity contribution >= 4 is 5.97 Å². The van der Waals surface area contributed by atoms with Crippen molar-refractivity contribution in [2.45, 2.75) is 38.0 Å². The number of carboxylic acid groups (broad SMARTS) is 1. The van der Waals surface area contributed by atoms with E-state index in [-0.39, 0.29) is 11.3 Å². The fraction of sp³-hybridized carbons (Fsp3) is 0.500. The quantitative estimate of drug-likeness (QED) is 0.783. The van der Waals surface area contributed by atoms with E-state index in [0.717, 1.165) is 31.2 Å². The Hall–Kier alpha value is -1.31. The first-order chi connectivity index (χ1) is 7.73. The molecule has 84 valence electrons. The predicted molar refractivity (Wildman–Crippen MR) is 61.4 cm³/mol. The maximum atomic E-state index is 11.5. The molecular formula is C14H16O2. The molecule has 0 saturated heterocycles. The zero-order chi connectivity index (χ0) is 11.2. The summed E-state index contributed by atoms with van der Waals surface area (Å²) in [6.45, 7) is 0.